The van der Waals surface area contributed by atoms with Crippen LogP contribution in [0.2, 0.25) is 0 Å². The summed E-state index contributed by atoms with van der Waals surface area (Å²) in [5.74, 6) is 0.704. The summed E-state index contributed by atoms with van der Waals surface area (Å²) in [6.45, 7) is 2.57. The Hall–Kier alpha value is -2.66. The molecule has 5 heteroatoms. The molecule has 5 nitrogen and oxygen atoms in total. The van der Waals surface area contributed by atoms with Gasteiger partial charge in [0.25, 0.3) is 11.8 Å². The smallest absolute Gasteiger partial charge is 0.251 e. The van der Waals surface area contributed by atoms with Crippen LogP contribution in [0.5, 0.6) is 0 Å². The van der Waals surface area contributed by atoms with Crippen molar-refractivity contribution in [2.45, 2.75) is 5.92 Å². The molecule has 2 aromatic carbocycles. The number of rotatable bonds is 2. The van der Waals surface area contributed by atoms with E-state index < -0.39 is 0 Å². The third-order valence-corrected chi connectivity index (χ3v) is 5.25. The number of nitrogens with one attached hydrogen (secondary N) is 3. The average molecular weight is 335 g/mol. The first kappa shape index (κ1) is 15.8. The maximum Gasteiger partial charge on any atom is 0.251 e. The summed E-state index contributed by atoms with van der Waals surface area (Å²) in [5.41, 5.74) is 4.36. The molecule has 1 saturated heterocycles. The molecular weight excluding hydrogens is 314 g/mol. The van der Waals surface area contributed by atoms with E-state index in [2.05, 4.69) is 28.1 Å². The van der Waals surface area contributed by atoms with Gasteiger partial charge in [-0.2, -0.15) is 0 Å². The molecule has 0 radical (unpaired) electrons. The van der Waals surface area contributed by atoms with Crippen molar-refractivity contribution in [2.75, 3.05) is 26.7 Å². The molecule has 1 fully saturated rings. The highest BCUT2D eigenvalue weighted by Gasteiger charge is 2.34. The fourth-order valence-corrected chi connectivity index (χ4v) is 3.87. The van der Waals surface area contributed by atoms with E-state index in [9.17, 15) is 9.59 Å². The largest absolute Gasteiger partial charge is 0.355 e. The summed E-state index contributed by atoms with van der Waals surface area (Å²) < 4.78 is 0. The molecule has 0 bridgehead atoms. The van der Waals surface area contributed by atoms with E-state index in [-0.39, 0.29) is 11.8 Å². The second kappa shape index (κ2) is 6.33. The second-order valence-corrected chi connectivity index (χ2v) is 6.70. The Labute approximate surface area is 146 Å². The van der Waals surface area contributed by atoms with Crippen LogP contribution in [0.25, 0.3) is 11.1 Å². The predicted octanol–water partition coefficient (Wildman–Crippen LogP) is 1.76. The topological polar surface area (TPSA) is 70.2 Å². The second-order valence-electron chi connectivity index (χ2n) is 6.70. The summed E-state index contributed by atoms with van der Waals surface area (Å²) in [7, 11) is 1.62. The molecule has 0 aromatic heterocycles. The van der Waals surface area contributed by atoms with Gasteiger partial charge in [-0.15, -0.1) is 0 Å². The van der Waals surface area contributed by atoms with Gasteiger partial charge in [0.15, 0.2) is 0 Å². The van der Waals surface area contributed by atoms with Gasteiger partial charge in [0.2, 0.25) is 0 Å². The Morgan fingerprint density at radius 2 is 1.92 bits per heavy atom. The van der Waals surface area contributed by atoms with Crippen LogP contribution >= 0.6 is 0 Å². The van der Waals surface area contributed by atoms with Crippen molar-refractivity contribution in [1.82, 2.24) is 16.0 Å². The van der Waals surface area contributed by atoms with Crippen molar-refractivity contribution in [3.63, 3.8) is 0 Å². The van der Waals surface area contributed by atoms with Gasteiger partial charge in [0.1, 0.15) is 0 Å². The zero-order valence-electron chi connectivity index (χ0n) is 14.1. The molecular formula is C20H21N3O2. The lowest BCUT2D eigenvalue weighted by molar-refractivity contribution is 0.0948. The minimum Gasteiger partial charge on any atom is -0.355 e. The Bertz CT molecular complexity index is 847. The van der Waals surface area contributed by atoms with Gasteiger partial charge in [-0.1, -0.05) is 24.3 Å². The van der Waals surface area contributed by atoms with E-state index in [0.717, 1.165) is 35.3 Å². The number of hydrogen-bond donors (Lipinski definition) is 3. The van der Waals surface area contributed by atoms with Crippen LogP contribution in [0, 0.1) is 5.92 Å². The standard InChI is InChI=1S/C20H21N3O2/c1-21-19(24)14-4-2-3-12(7-14)13-5-6-16-17(8-13)20(25)23-10-15-9-22-11-18(15)16/h2-8,15,18,22H,9-11H2,1H3,(H,21,24)(H,23,25)/t15-,18+/m0/s1. The maximum atomic E-state index is 12.5. The zero-order valence-corrected chi connectivity index (χ0v) is 14.1. The number of carbonyl (C=O) groups is 2. The van der Waals surface area contributed by atoms with Crippen molar-refractivity contribution in [1.29, 1.82) is 0 Å². The number of hydrogen-bond acceptors (Lipinski definition) is 3. The highest BCUT2D eigenvalue weighted by molar-refractivity contribution is 5.98. The summed E-state index contributed by atoms with van der Waals surface area (Å²) >= 11 is 0. The van der Waals surface area contributed by atoms with Crippen LogP contribution in [-0.2, 0) is 0 Å². The van der Waals surface area contributed by atoms with Crippen LogP contribution in [0.1, 0.15) is 32.2 Å². The van der Waals surface area contributed by atoms with Crippen LogP contribution in [0.4, 0.5) is 0 Å². The fourth-order valence-electron chi connectivity index (χ4n) is 3.87. The van der Waals surface area contributed by atoms with Gasteiger partial charge >= 0.3 is 0 Å². The summed E-state index contributed by atoms with van der Waals surface area (Å²) in [6, 6.07) is 13.5. The summed E-state index contributed by atoms with van der Waals surface area (Å²) in [5, 5.41) is 9.11. The molecule has 0 saturated carbocycles. The molecule has 2 heterocycles. The molecule has 2 aromatic rings. The van der Waals surface area contributed by atoms with Crippen molar-refractivity contribution < 1.29 is 9.59 Å². The number of fused-ring (bicyclic) bond motifs is 3. The van der Waals surface area contributed by atoms with E-state index in [1.807, 2.05) is 24.3 Å². The molecule has 4 rings (SSSR count). The molecule has 0 spiro atoms. The number of carbonyl (C=O) groups excluding carboxylic acids is 2. The van der Waals surface area contributed by atoms with E-state index in [1.54, 1.807) is 13.1 Å². The maximum absolute atomic E-state index is 12.5. The molecule has 3 N–H and O–H groups in total. The van der Waals surface area contributed by atoms with Crippen LogP contribution in [-0.4, -0.2) is 38.5 Å². The fraction of sp³-hybridized carbons (Fsp3) is 0.300. The molecule has 0 aliphatic carbocycles. The molecule has 2 aliphatic heterocycles. The summed E-state index contributed by atoms with van der Waals surface area (Å²) in [4.78, 5) is 24.4. The third-order valence-electron chi connectivity index (χ3n) is 5.25. The van der Waals surface area contributed by atoms with E-state index in [4.69, 9.17) is 0 Å². The SMILES string of the molecule is CNC(=O)c1cccc(-c2ccc3c(c2)C(=O)NC[C@@H]2CNC[C@@H]32)c1. The first-order chi connectivity index (χ1) is 12.2. The van der Waals surface area contributed by atoms with Crippen molar-refractivity contribution >= 4 is 11.8 Å². The first-order valence-corrected chi connectivity index (χ1v) is 8.63. The monoisotopic (exact) mass is 335 g/mol. The van der Waals surface area contributed by atoms with E-state index in [1.165, 1.54) is 0 Å². The molecule has 2 aliphatic rings. The number of amides is 2. The molecule has 2 amide bonds. The first-order valence-electron chi connectivity index (χ1n) is 8.63. The quantitative estimate of drug-likeness (QED) is 0.783. The Morgan fingerprint density at radius 1 is 1.08 bits per heavy atom. The Kier molecular flexibility index (Phi) is 4.01. The minimum absolute atomic E-state index is 0.00583. The highest BCUT2D eigenvalue weighted by Crippen LogP contribution is 2.34. The third kappa shape index (κ3) is 2.81. The molecule has 25 heavy (non-hydrogen) atoms. The van der Waals surface area contributed by atoms with Gasteiger partial charge < -0.3 is 16.0 Å². The van der Waals surface area contributed by atoms with Crippen LogP contribution in [0.15, 0.2) is 42.5 Å². The molecule has 128 valence electrons. The van der Waals surface area contributed by atoms with Crippen LogP contribution in [0.3, 0.4) is 0 Å². The van der Waals surface area contributed by atoms with E-state index in [0.29, 0.717) is 23.9 Å². The van der Waals surface area contributed by atoms with E-state index >= 15 is 0 Å². The van der Waals surface area contributed by atoms with Gasteiger partial charge in [-0.3, -0.25) is 9.59 Å². The van der Waals surface area contributed by atoms with Gasteiger partial charge in [-0.05, 0) is 40.8 Å². The van der Waals surface area contributed by atoms with Gasteiger partial charge in [0.05, 0.1) is 0 Å². The van der Waals surface area contributed by atoms with Gasteiger partial charge in [-0.25, -0.2) is 0 Å². The zero-order chi connectivity index (χ0) is 17.4. The predicted molar refractivity (Wildman–Crippen MR) is 96.7 cm³/mol. The minimum atomic E-state index is -0.116. The Morgan fingerprint density at radius 3 is 2.76 bits per heavy atom. The van der Waals surface area contributed by atoms with Crippen LogP contribution < -0.4 is 16.0 Å². The Balaban J connectivity index is 1.76. The van der Waals surface area contributed by atoms with Crippen molar-refractivity contribution in [2.24, 2.45) is 5.92 Å². The molecule has 2 atom stereocenters. The molecule has 0 unspecified atom stereocenters. The average Bonchev–Trinajstić information content (AvgIpc) is 3.08. The summed E-state index contributed by atoms with van der Waals surface area (Å²) in [6.07, 6.45) is 0. The van der Waals surface area contributed by atoms with Crippen molar-refractivity contribution in [3.8, 4) is 11.1 Å². The normalized spacial score (nSPS) is 21.7. The number of benzene rings is 2. The lowest BCUT2D eigenvalue weighted by Gasteiger charge is -2.17. The lowest BCUT2D eigenvalue weighted by Crippen LogP contribution is -2.28. The van der Waals surface area contributed by atoms with Crippen molar-refractivity contribution in [3.05, 3.63) is 59.2 Å². The highest BCUT2D eigenvalue weighted by atomic mass is 16.2. The lowest BCUT2D eigenvalue weighted by atomic mass is 9.86. The van der Waals surface area contributed by atoms with Gasteiger partial charge in [0, 0.05) is 43.7 Å².